The van der Waals surface area contributed by atoms with Crippen molar-refractivity contribution in [1.82, 2.24) is 5.48 Å². The molecule has 7 nitrogen and oxygen atoms in total. The van der Waals surface area contributed by atoms with Gasteiger partial charge in [0.2, 0.25) is 5.75 Å². The van der Waals surface area contributed by atoms with Crippen LogP contribution in [-0.4, -0.2) is 40.5 Å². The molecule has 0 spiro atoms. The van der Waals surface area contributed by atoms with E-state index in [1.807, 2.05) is 30.3 Å². The summed E-state index contributed by atoms with van der Waals surface area (Å²) in [5.74, 6) is 1.50. The summed E-state index contributed by atoms with van der Waals surface area (Å²) in [6, 6.07) is 12.4. The number of rotatable bonds is 9. The molecule has 7 heteroatoms. The molecule has 25 heavy (non-hydrogen) atoms. The highest BCUT2D eigenvalue weighted by Crippen LogP contribution is 2.38. The predicted octanol–water partition coefficient (Wildman–Crippen LogP) is 2.45. The zero-order chi connectivity index (χ0) is 18.1. The van der Waals surface area contributed by atoms with Gasteiger partial charge in [0.1, 0.15) is 19.0 Å². The van der Waals surface area contributed by atoms with Crippen molar-refractivity contribution in [2.45, 2.75) is 0 Å². The Balaban J connectivity index is 1.88. The average Bonchev–Trinajstić information content (AvgIpc) is 2.67. The molecule has 0 atom stereocenters. The van der Waals surface area contributed by atoms with Gasteiger partial charge in [-0.15, -0.1) is 0 Å². The first kappa shape index (κ1) is 18.4. The fourth-order valence-electron chi connectivity index (χ4n) is 2.11. The largest absolute Gasteiger partial charge is 0.493 e. The van der Waals surface area contributed by atoms with Crippen LogP contribution in [-0.2, 0) is 4.84 Å². The molecule has 0 bridgehead atoms. The Morgan fingerprint density at radius 2 is 1.56 bits per heavy atom. The second-order valence-electron chi connectivity index (χ2n) is 4.86. The summed E-state index contributed by atoms with van der Waals surface area (Å²) in [7, 11) is 4.46. The minimum absolute atomic E-state index is 0.199. The summed E-state index contributed by atoms with van der Waals surface area (Å²) in [6.45, 7) is 0.505. The molecule has 1 N–H and O–H groups in total. The second kappa shape index (κ2) is 9.39. The number of hydroxylamine groups is 1. The Labute approximate surface area is 146 Å². The number of hydrogen-bond donors (Lipinski definition) is 1. The number of hydrogen-bond acceptors (Lipinski definition) is 6. The van der Waals surface area contributed by atoms with Crippen LogP contribution in [0.15, 0.2) is 42.5 Å². The van der Waals surface area contributed by atoms with Crippen LogP contribution in [0.25, 0.3) is 0 Å². The Morgan fingerprint density at radius 1 is 0.920 bits per heavy atom. The standard InChI is InChI=1S/C18H21NO6/c1-21-15-11-13(12-16(22-2)17(15)23-3)18(20)19-25-10-9-24-14-7-5-4-6-8-14/h4-8,11-12H,9-10H2,1-3H3,(H,19,20). The molecule has 2 aromatic carbocycles. The smallest absolute Gasteiger partial charge is 0.275 e. The third-order valence-electron chi connectivity index (χ3n) is 3.29. The molecule has 1 amide bonds. The zero-order valence-electron chi connectivity index (χ0n) is 14.4. The molecule has 0 unspecified atom stereocenters. The first-order chi connectivity index (χ1) is 12.2. The lowest BCUT2D eigenvalue weighted by Gasteiger charge is -2.14. The zero-order valence-corrected chi connectivity index (χ0v) is 14.4. The van der Waals surface area contributed by atoms with Crippen molar-refractivity contribution in [2.24, 2.45) is 0 Å². The number of nitrogens with one attached hydrogen (secondary N) is 1. The van der Waals surface area contributed by atoms with Gasteiger partial charge < -0.3 is 18.9 Å². The molecule has 0 aliphatic rings. The van der Waals surface area contributed by atoms with Gasteiger partial charge in [-0.25, -0.2) is 5.48 Å². The molecule has 0 fully saturated rings. The molecule has 0 heterocycles. The molecule has 0 aromatic heterocycles. The summed E-state index contributed by atoms with van der Waals surface area (Å²) >= 11 is 0. The minimum Gasteiger partial charge on any atom is -0.493 e. The molecule has 0 radical (unpaired) electrons. The fraction of sp³-hybridized carbons (Fsp3) is 0.278. The third kappa shape index (κ3) is 5.02. The van der Waals surface area contributed by atoms with Gasteiger partial charge in [0.05, 0.1) is 21.3 Å². The van der Waals surface area contributed by atoms with Gasteiger partial charge in [-0.1, -0.05) is 18.2 Å². The van der Waals surface area contributed by atoms with Crippen LogP contribution >= 0.6 is 0 Å². The number of ether oxygens (including phenoxy) is 4. The molecule has 2 aromatic rings. The molecule has 0 aliphatic heterocycles. The topological polar surface area (TPSA) is 75.3 Å². The molecule has 0 saturated carbocycles. The van der Waals surface area contributed by atoms with E-state index in [4.69, 9.17) is 23.8 Å². The number of para-hydroxylation sites is 1. The Bertz CT molecular complexity index is 664. The van der Waals surface area contributed by atoms with E-state index in [0.717, 1.165) is 5.75 Å². The normalized spacial score (nSPS) is 10.0. The van der Waals surface area contributed by atoms with Crippen LogP contribution in [0, 0.1) is 0 Å². The van der Waals surface area contributed by atoms with Crippen LogP contribution in [0.5, 0.6) is 23.0 Å². The average molecular weight is 347 g/mol. The minimum atomic E-state index is -0.432. The molecule has 134 valence electrons. The van der Waals surface area contributed by atoms with Gasteiger partial charge in [0, 0.05) is 5.56 Å². The Kier molecular flexibility index (Phi) is 6.91. The number of methoxy groups -OCH3 is 3. The molecule has 2 rings (SSSR count). The maximum Gasteiger partial charge on any atom is 0.275 e. The van der Waals surface area contributed by atoms with Crippen molar-refractivity contribution < 1.29 is 28.6 Å². The lowest BCUT2D eigenvalue weighted by Crippen LogP contribution is -2.26. The van der Waals surface area contributed by atoms with Crippen molar-refractivity contribution in [3.05, 3.63) is 48.0 Å². The van der Waals surface area contributed by atoms with Crippen molar-refractivity contribution in [3.63, 3.8) is 0 Å². The van der Waals surface area contributed by atoms with Crippen LogP contribution in [0.3, 0.4) is 0 Å². The van der Waals surface area contributed by atoms with Crippen LogP contribution < -0.4 is 24.4 Å². The quantitative estimate of drug-likeness (QED) is 0.555. The maximum atomic E-state index is 12.2. The van der Waals surface area contributed by atoms with Gasteiger partial charge in [-0.3, -0.25) is 9.63 Å². The van der Waals surface area contributed by atoms with Crippen molar-refractivity contribution in [3.8, 4) is 23.0 Å². The van der Waals surface area contributed by atoms with Crippen molar-refractivity contribution in [2.75, 3.05) is 34.5 Å². The Morgan fingerprint density at radius 3 is 2.12 bits per heavy atom. The summed E-state index contributed by atoms with van der Waals surface area (Å²) in [6.07, 6.45) is 0. The van der Waals surface area contributed by atoms with E-state index in [9.17, 15) is 4.79 Å². The van der Waals surface area contributed by atoms with E-state index in [1.165, 1.54) is 21.3 Å². The molecular formula is C18H21NO6. The van der Waals surface area contributed by atoms with Gasteiger partial charge in [-0.2, -0.15) is 0 Å². The summed E-state index contributed by atoms with van der Waals surface area (Å²) in [4.78, 5) is 17.3. The van der Waals surface area contributed by atoms with E-state index >= 15 is 0 Å². The lowest BCUT2D eigenvalue weighted by atomic mass is 10.1. The van der Waals surface area contributed by atoms with Crippen LogP contribution in [0.1, 0.15) is 10.4 Å². The van der Waals surface area contributed by atoms with E-state index < -0.39 is 5.91 Å². The lowest BCUT2D eigenvalue weighted by molar-refractivity contribution is 0.0200. The first-order valence-corrected chi connectivity index (χ1v) is 7.59. The number of carbonyl (C=O) groups is 1. The van der Waals surface area contributed by atoms with E-state index in [-0.39, 0.29) is 6.61 Å². The summed E-state index contributed by atoms with van der Waals surface area (Å²) in [5.41, 5.74) is 2.67. The fourth-order valence-corrected chi connectivity index (χ4v) is 2.11. The van der Waals surface area contributed by atoms with Crippen LogP contribution in [0.2, 0.25) is 0 Å². The van der Waals surface area contributed by atoms with E-state index in [0.29, 0.717) is 29.4 Å². The first-order valence-electron chi connectivity index (χ1n) is 7.59. The molecule has 0 saturated heterocycles. The van der Waals surface area contributed by atoms with Crippen molar-refractivity contribution >= 4 is 5.91 Å². The summed E-state index contributed by atoms with van der Waals surface area (Å²) in [5, 5.41) is 0. The molecular weight excluding hydrogens is 326 g/mol. The number of carbonyl (C=O) groups excluding carboxylic acids is 1. The highest BCUT2D eigenvalue weighted by molar-refractivity contribution is 5.95. The summed E-state index contributed by atoms with van der Waals surface area (Å²) < 4.78 is 21.1. The van der Waals surface area contributed by atoms with Gasteiger partial charge >= 0.3 is 0 Å². The van der Waals surface area contributed by atoms with Gasteiger partial charge in [0.15, 0.2) is 11.5 Å². The SMILES string of the molecule is COc1cc(C(=O)NOCCOc2ccccc2)cc(OC)c1OC. The highest BCUT2D eigenvalue weighted by Gasteiger charge is 2.17. The van der Waals surface area contributed by atoms with Gasteiger partial charge in [-0.05, 0) is 24.3 Å². The number of benzene rings is 2. The predicted molar refractivity (Wildman–Crippen MR) is 91.5 cm³/mol. The van der Waals surface area contributed by atoms with Gasteiger partial charge in [0.25, 0.3) is 5.91 Å². The third-order valence-corrected chi connectivity index (χ3v) is 3.29. The number of amides is 1. The highest BCUT2D eigenvalue weighted by atomic mass is 16.7. The Hall–Kier alpha value is -2.93. The van der Waals surface area contributed by atoms with Crippen LogP contribution in [0.4, 0.5) is 0 Å². The monoisotopic (exact) mass is 347 g/mol. The van der Waals surface area contributed by atoms with E-state index in [1.54, 1.807) is 12.1 Å². The second-order valence-corrected chi connectivity index (χ2v) is 4.86. The van der Waals surface area contributed by atoms with Crippen molar-refractivity contribution in [1.29, 1.82) is 0 Å². The van der Waals surface area contributed by atoms with E-state index in [2.05, 4.69) is 5.48 Å². The molecule has 0 aliphatic carbocycles. The maximum absolute atomic E-state index is 12.2.